The molecule has 0 aromatic carbocycles. The number of rotatable bonds is 2. The number of likely N-dealkylation sites (tertiary alicyclic amines) is 1. The van der Waals surface area contributed by atoms with Crippen molar-refractivity contribution in [1.82, 2.24) is 19.7 Å². The Morgan fingerprint density at radius 2 is 2.27 bits per heavy atom. The van der Waals surface area contributed by atoms with Crippen LogP contribution in [0, 0.1) is 0 Å². The Hall–Kier alpha value is -0.900. The van der Waals surface area contributed by atoms with Gasteiger partial charge in [-0.15, -0.1) is 10.2 Å². The lowest BCUT2D eigenvalue weighted by Gasteiger charge is -2.34. The number of hydrogen-bond donors (Lipinski definition) is 0. The van der Waals surface area contributed by atoms with Crippen LogP contribution in [0.4, 0.5) is 0 Å². The SMILES string of the molecule is CC(C)N1CCCC(c2nncn2C)C1. The van der Waals surface area contributed by atoms with Gasteiger partial charge in [-0.05, 0) is 33.2 Å². The number of piperidine rings is 1. The summed E-state index contributed by atoms with van der Waals surface area (Å²) in [4.78, 5) is 2.53. The van der Waals surface area contributed by atoms with E-state index < -0.39 is 0 Å². The van der Waals surface area contributed by atoms with Crippen LogP contribution in [0.2, 0.25) is 0 Å². The molecule has 0 spiro atoms. The van der Waals surface area contributed by atoms with Crippen molar-refractivity contribution in [3.63, 3.8) is 0 Å². The van der Waals surface area contributed by atoms with Gasteiger partial charge in [0.15, 0.2) is 0 Å². The minimum absolute atomic E-state index is 0.564. The van der Waals surface area contributed by atoms with Gasteiger partial charge in [-0.3, -0.25) is 0 Å². The highest BCUT2D eigenvalue weighted by atomic mass is 15.3. The topological polar surface area (TPSA) is 34.0 Å². The normalized spacial score (nSPS) is 23.6. The molecule has 1 atom stereocenters. The van der Waals surface area contributed by atoms with Gasteiger partial charge in [0.05, 0.1) is 0 Å². The molecular weight excluding hydrogens is 188 g/mol. The summed E-state index contributed by atoms with van der Waals surface area (Å²) >= 11 is 0. The van der Waals surface area contributed by atoms with Crippen molar-refractivity contribution in [2.45, 2.75) is 38.6 Å². The van der Waals surface area contributed by atoms with Crippen LogP contribution < -0.4 is 0 Å². The monoisotopic (exact) mass is 208 g/mol. The van der Waals surface area contributed by atoms with E-state index in [9.17, 15) is 0 Å². The van der Waals surface area contributed by atoms with E-state index >= 15 is 0 Å². The first kappa shape index (κ1) is 10.6. The van der Waals surface area contributed by atoms with Gasteiger partial charge < -0.3 is 9.47 Å². The van der Waals surface area contributed by atoms with E-state index in [2.05, 4.69) is 33.5 Å². The molecule has 0 radical (unpaired) electrons. The highest BCUT2D eigenvalue weighted by Gasteiger charge is 2.25. The lowest BCUT2D eigenvalue weighted by atomic mass is 9.96. The average Bonchev–Trinajstić information content (AvgIpc) is 2.64. The van der Waals surface area contributed by atoms with Crippen LogP contribution in [0.1, 0.15) is 38.4 Å². The summed E-state index contributed by atoms with van der Waals surface area (Å²) in [6.07, 6.45) is 4.31. The van der Waals surface area contributed by atoms with Gasteiger partial charge in [-0.2, -0.15) is 0 Å². The minimum Gasteiger partial charge on any atom is -0.320 e. The summed E-state index contributed by atoms with van der Waals surface area (Å²) in [7, 11) is 2.03. The zero-order chi connectivity index (χ0) is 10.8. The molecule has 0 bridgehead atoms. The maximum Gasteiger partial charge on any atom is 0.136 e. The van der Waals surface area contributed by atoms with Crippen LogP contribution >= 0.6 is 0 Å². The van der Waals surface area contributed by atoms with Crippen molar-refractivity contribution in [3.8, 4) is 0 Å². The van der Waals surface area contributed by atoms with Gasteiger partial charge in [-0.25, -0.2) is 0 Å². The summed E-state index contributed by atoms with van der Waals surface area (Å²) in [6.45, 7) is 6.88. The summed E-state index contributed by atoms with van der Waals surface area (Å²) < 4.78 is 2.05. The first-order chi connectivity index (χ1) is 7.18. The molecule has 0 N–H and O–H groups in total. The largest absolute Gasteiger partial charge is 0.320 e. The number of hydrogen-bond acceptors (Lipinski definition) is 3. The van der Waals surface area contributed by atoms with E-state index in [0.29, 0.717) is 12.0 Å². The molecule has 1 fully saturated rings. The molecule has 1 saturated heterocycles. The van der Waals surface area contributed by atoms with E-state index in [1.807, 2.05) is 7.05 Å². The van der Waals surface area contributed by atoms with Gasteiger partial charge >= 0.3 is 0 Å². The van der Waals surface area contributed by atoms with Crippen LogP contribution in [0.3, 0.4) is 0 Å². The van der Waals surface area contributed by atoms with Gasteiger partial charge in [-0.1, -0.05) is 0 Å². The van der Waals surface area contributed by atoms with E-state index in [-0.39, 0.29) is 0 Å². The predicted octanol–water partition coefficient (Wildman–Crippen LogP) is 1.40. The lowest BCUT2D eigenvalue weighted by Crippen LogP contribution is -2.39. The predicted molar refractivity (Wildman–Crippen MR) is 59.7 cm³/mol. The van der Waals surface area contributed by atoms with Gasteiger partial charge in [0, 0.05) is 25.6 Å². The Bertz CT molecular complexity index is 318. The van der Waals surface area contributed by atoms with Crippen LogP contribution in [-0.4, -0.2) is 38.8 Å². The Balaban J connectivity index is 2.08. The molecule has 4 heteroatoms. The minimum atomic E-state index is 0.564. The molecule has 15 heavy (non-hydrogen) atoms. The maximum absolute atomic E-state index is 4.22. The number of nitrogens with zero attached hydrogens (tertiary/aromatic N) is 4. The summed E-state index contributed by atoms with van der Waals surface area (Å²) in [5, 5.41) is 8.18. The molecular formula is C11H20N4. The van der Waals surface area contributed by atoms with Crippen LogP contribution in [-0.2, 0) is 7.05 Å². The summed E-state index contributed by atoms with van der Waals surface area (Å²) in [6, 6.07) is 0.640. The molecule has 84 valence electrons. The smallest absolute Gasteiger partial charge is 0.136 e. The number of aryl methyl sites for hydroxylation is 1. The molecule has 4 nitrogen and oxygen atoms in total. The Kier molecular flexibility index (Phi) is 3.05. The van der Waals surface area contributed by atoms with Crippen molar-refractivity contribution in [1.29, 1.82) is 0 Å². The average molecular weight is 208 g/mol. The van der Waals surface area contributed by atoms with Gasteiger partial charge in [0.2, 0.25) is 0 Å². The second kappa shape index (κ2) is 4.31. The molecule has 1 aliphatic heterocycles. The van der Waals surface area contributed by atoms with Crippen LogP contribution in [0.25, 0.3) is 0 Å². The third-order valence-corrected chi connectivity index (χ3v) is 3.29. The van der Waals surface area contributed by atoms with Crippen LogP contribution in [0.5, 0.6) is 0 Å². The lowest BCUT2D eigenvalue weighted by molar-refractivity contribution is 0.163. The molecule has 1 aromatic rings. The van der Waals surface area contributed by atoms with E-state index in [0.717, 1.165) is 12.4 Å². The highest BCUT2D eigenvalue weighted by Crippen LogP contribution is 2.25. The molecule has 0 aliphatic carbocycles. The van der Waals surface area contributed by atoms with Gasteiger partial charge in [0.25, 0.3) is 0 Å². The molecule has 1 aromatic heterocycles. The maximum atomic E-state index is 4.22. The Morgan fingerprint density at radius 3 is 2.87 bits per heavy atom. The van der Waals surface area contributed by atoms with Crippen molar-refractivity contribution in [2.24, 2.45) is 7.05 Å². The second-order valence-corrected chi connectivity index (χ2v) is 4.73. The fourth-order valence-electron chi connectivity index (χ4n) is 2.35. The van der Waals surface area contributed by atoms with Gasteiger partial charge in [0.1, 0.15) is 12.2 Å². The summed E-state index contributed by atoms with van der Waals surface area (Å²) in [5.74, 6) is 1.70. The summed E-state index contributed by atoms with van der Waals surface area (Å²) in [5.41, 5.74) is 0. The zero-order valence-electron chi connectivity index (χ0n) is 9.85. The fourth-order valence-corrected chi connectivity index (χ4v) is 2.35. The first-order valence-electron chi connectivity index (χ1n) is 5.76. The second-order valence-electron chi connectivity index (χ2n) is 4.73. The van der Waals surface area contributed by atoms with E-state index in [4.69, 9.17) is 0 Å². The standard InChI is InChI=1S/C11H20N4/c1-9(2)15-6-4-5-10(7-15)11-13-12-8-14(11)3/h8-10H,4-7H2,1-3H3. The highest BCUT2D eigenvalue weighted by molar-refractivity contribution is 4.99. The molecule has 0 saturated carbocycles. The third kappa shape index (κ3) is 2.20. The van der Waals surface area contributed by atoms with Crippen LogP contribution in [0.15, 0.2) is 6.33 Å². The molecule has 1 unspecified atom stereocenters. The Labute approximate surface area is 91.3 Å². The molecule has 0 amide bonds. The molecule has 2 rings (SSSR count). The molecule has 1 aliphatic rings. The van der Waals surface area contributed by atoms with E-state index in [1.54, 1.807) is 6.33 Å². The quantitative estimate of drug-likeness (QED) is 0.737. The fraction of sp³-hybridized carbons (Fsp3) is 0.818. The van der Waals surface area contributed by atoms with E-state index in [1.165, 1.54) is 19.4 Å². The van der Waals surface area contributed by atoms with Crippen molar-refractivity contribution in [2.75, 3.05) is 13.1 Å². The third-order valence-electron chi connectivity index (χ3n) is 3.29. The number of aromatic nitrogens is 3. The van der Waals surface area contributed by atoms with Crippen molar-refractivity contribution in [3.05, 3.63) is 12.2 Å². The van der Waals surface area contributed by atoms with Crippen molar-refractivity contribution < 1.29 is 0 Å². The zero-order valence-corrected chi connectivity index (χ0v) is 9.85. The Morgan fingerprint density at radius 1 is 1.47 bits per heavy atom. The molecule has 2 heterocycles. The van der Waals surface area contributed by atoms with Crippen molar-refractivity contribution >= 4 is 0 Å². The first-order valence-corrected chi connectivity index (χ1v) is 5.76.